The quantitative estimate of drug-likeness (QED) is 0.834. The zero-order chi connectivity index (χ0) is 10.8. The fourth-order valence-electron chi connectivity index (χ4n) is 1.09. The highest BCUT2D eigenvalue weighted by molar-refractivity contribution is 9.10. The van der Waals surface area contributed by atoms with Crippen LogP contribution in [0.4, 0.5) is 5.13 Å². The first kappa shape index (κ1) is 10.4. The van der Waals surface area contributed by atoms with Gasteiger partial charge in [0.25, 0.3) is 0 Å². The van der Waals surface area contributed by atoms with Gasteiger partial charge in [-0.25, -0.2) is 4.98 Å². The molecule has 6 heteroatoms. The van der Waals surface area contributed by atoms with Crippen LogP contribution in [0.2, 0.25) is 0 Å². The van der Waals surface area contributed by atoms with Gasteiger partial charge < -0.3 is 0 Å². The average Bonchev–Trinajstić information content (AvgIpc) is 2.56. The molecule has 2 rings (SSSR count). The molecule has 2 N–H and O–H groups in total. The average molecular weight is 286 g/mol. The largest absolute Gasteiger partial charge is 0.274 e. The van der Waals surface area contributed by atoms with Gasteiger partial charge in [0.15, 0.2) is 0 Å². The van der Waals surface area contributed by atoms with Crippen LogP contribution in [-0.2, 0) is 4.79 Å². The highest BCUT2D eigenvalue weighted by atomic mass is 79.9. The van der Waals surface area contributed by atoms with Crippen molar-refractivity contribution in [2.45, 2.75) is 6.92 Å². The molecular formula is C9H8BrN3OS. The molecule has 1 heterocycles. The zero-order valence-electron chi connectivity index (χ0n) is 7.87. The molecule has 4 nitrogen and oxygen atoms in total. The van der Waals surface area contributed by atoms with Gasteiger partial charge in [-0.3, -0.25) is 15.6 Å². The normalized spacial score (nSPS) is 10.3. The molecule has 1 aromatic carbocycles. The summed E-state index contributed by atoms with van der Waals surface area (Å²) in [4.78, 5) is 15.0. The van der Waals surface area contributed by atoms with Gasteiger partial charge in [0.05, 0.1) is 10.2 Å². The summed E-state index contributed by atoms with van der Waals surface area (Å²) in [6, 6.07) is 5.85. The number of hydrogen-bond donors (Lipinski definition) is 2. The number of halogens is 1. The van der Waals surface area contributed by atoms with Crippen molar-refractivity contribution >= 4 is 48.5 Å². The Hall–Kier alpha value is -1.14. The van der Waals surface area contributed by atoms with E-state index in [2.05, 4.69) is 31.8 Å². The number of carbonyl (C=O) groups is 1. The number of benzene rings is 1. The maximum Gasteiger partial charge on any atom is 0.235 e. The monoisotopic (exact) mass is 285 g/mol. The van der Waals surface area contributed by atoms with Crippen molar-refractivity contribution in [1.82, 2.24) is 10.4 Å². The van der Waals surface area contributed by atoms with E-state index in [0.29, 0.717) is 5.13 Å². The third-order valence-corrected chi connectivity index (χ3v) is 3.12. The van der Waals surface area contributed by atoms with Crippen LogP contribution in [0.5, 0.6) is 0 Å². The number of carbonyl (C=O) groups excluding carboxylic acids is 1. The number of hydrogen-bond acceptors (Lipinski definition) is 4. The number of nitrogens with one attached hydrogen (secondary N) is 2. The molecule has 0 fully saturated rings. The molecule has 0 spiro atoms. The molecule has 1 amide bonds. The lowest BCUT2D eigenvalue weighted by Crippen LogP contribution is -2.26. The minimum Gasteiger partial charge on any atom is -0.274 e. The summed E-state index contributed by atoms with van der Waals surface area (Å²) in [5.41, 5.74) is 6.14. The van der Waals surface area contributed by atoms with Gasteiger partial charge in [-0.05, 0) is 18.2 Å². The summed E-state index contributed by atoms with van der Waals surface area (Å²) in [7, 11) is 0. The van der Waals surface area contributed by atoms with Crippen molar-refractivity contribution in [2.75, 3.05) is 5.43 Å². The SMILES string of the molecule is CC(=O)NNc1nc2ccc(Br)cc2s1. The summed E-state index contributed by atoms with van der Waals surface area (Å²) >= 11 is 4.88. The summed E-state index contributed by atoms with van der Waals surface area (Å²) < 4.78 is 2.09. The van der Waals surface area contributed by atoms with Crippen LogP contribution in [0.3, 0.4) is 0 Å². The predicted molar refractivity (Wildman–Crippen MR) is 64.8 cm³/mol. The molecule has 0 aliphatic carbocycles. The van der Waals surface area contributed by atoms with Crippen LogP contribution in [0.25, 0.3) is 10.2 Å². The molecule has 0 atom stereocenters. The lowest BCUT2D eigenvalue weighted by atomic mass is 10.3. The molecule has 1 aromatic heterocycles. The Morgan fingerprint density at radius 2 is 2.33 bits per heavy atom. The Labute approximate surface area is 98.8 Å². The summed E-state index contributed by atoms with van der Waals surface area (Å²) in [5.74, 6) is -0.143. The van der Waals surface area contributed by atoms with Gasteiger partial charge in [0.1, 0.15) is 0 Å². The van der Waals surface area contributed by atoms with Crippen molar-refractivity contribution in [3.8, 4) is 0 Å². The van der Waals surface area contributed by atoms with Gasteiger partial charge in [-0.15, -0.1) is 0 Å². The van der Waals surface area contributed by atoms with E-state index in [4.69, 9.17) is 0 Å². The summed E-state index contributed by atoms with van der Waals surface area (Å²) in [6.45, 7) is 1.44. The second-order valence-corrected chi connectivity index (χ2v) is 4.88. The number of rotatable bonds is 2. The number of nitrogens with zero attached hydrogens (tertiary/aromatic N) is 1. The number of hydrazine groups is 1. The van der Waals surface area contributed by atoms with Crippen molar-refractivity contribution in [2.24, 2.45) is 0 Å². The number of thiazole rings is 1. The Kier molecular flexibility index (Phi) is 2.88. The first-order chi connectivity index (χ1) is 7.15. The van der Waals surface area contributed by atoms with E-state index in [9.17, 15) is 4.79 Å². The van der Waals surface area contributed by atoms with Crippen LogP contribution >= 0.6 is 27.3 Å². The smallest absolute Gasteiger partial charge is 0.235 e. The van der Waals surface area contributed by atoms with E-state index in [1.54, 1.807) is 0 Å². The van der Waals surface area contributed by atoms with Crippen LogP contribution < -0.4 is 10.9 Å². The molecule has 78 valence electrons. The molecule has 0 aliphatic heterocycles. The van der Waals surface area contributed by atoms with Crippen molar-refractivity contribution < 1.29 is 4.79 Å². The van der Waals surface area contributed by atoms with Crippen LogP contribution in [0.1, 0.15) is 6.92 Å². The maximum absolute atomic E-state index is 10.7. The van der Waals surface area contributed by atoms with Crippen molar-refractivity contribution in [3.05, 3.63) is 22.7 Å². The first-order valence-corrected chi connectivity index (χ1v) is 5.85. The second kappa shape index (κ2) is 4.16. The second-order valence-electron chi connectivity index (χ2n) is 2.94. The van der Waals surface area contributed by atoms with Crippen molar-refractivity contribution in [1.29, 1.82) is 0 Å². The van der Waals surface area contributed by atoms with Gasteiger partial charge in [0, 0.05) is 11.4 Å². The van der Waals surface area contributed by atoms with E-state index >= 15 is 0 Å². The van der Waals surface area contributed by atoms with E-state index in [0.717, 1.165) is 14.7 Å². The molecule has 0 saturated heterocycles. The topological polar surface area (TPSA) is 54.0 Å². The summed E-state index contributed by atoms with van der Waals surface area (Å²) in [5, 5.41) is 0.679. The Bertz CT molecular complexity index is 511. The highest BCUT2D eigenvalue weighted by Crippen LogP contribution is 2.27. The maximum atomic E-state index is 10.7. The van der Waals surface area contributed by atoms with E-state index in [-0.39, 0.29) is 5.91 Å². The molecule has 15 heavy (non-hydrogen) atoms. The highest BCUT2D eigenvalue weighted by Gasteiger charge is 2.03. The molecule has 0 bridgehead atoms. The van der Waals surface area contributed by atoms with E-state index in [1.165, 1.54) is 18.3 Å². The Balaban J connectivity index is 2.27. The Morgan fingerprint density at radius 1 is 1.53 bits per heavy atom. The molecule has 0 unspecified atom stereocenters. The number of aromatic nitrogens is 1. The molecule has 0 radical (unpaired) electrons. The van der Waals surface area contributed by atoms with Gasteiger partial charge in [-0.1, -0.05) is 27.3 Å². The zero-order valence-corrected chi connectivity index (χ0v) is 10.3. The van der Waals surface area contributed by atoms with Crippen LogP contribution in [0.15, 0.2) is 22.7 Å². The minimum absolute atomic E-state index is 0.143. The lowest BCUT2D eigenvalue weighted by Gasteiger charge is -1.99. The predicted octanol–water partition coefficient (Wildman–Crippen LogP) is 2.52. The number of anilines is 1. The summed E-state index contributed by atoms with van der Waals surface area (Å²) in [6.07, 6.45) is 0. The van der Waals surface area contributed by atoms with Gasteiger partial charge in [-0.2, -0.15) is 0 Å². The third kappa shape index (κ3) is 2.45. The van der Waals surface area contributed by atoms with Crippen LogP contribution in [0, 0.1) is 0 Å². The molecule has 0 aliphatic rings. The fourth-order valence-corrected chi connectivity index (χ4v) is 2.46. The molecular weight excluding hydrogens is 278 g/mol. The van der Waals surface area contributed by atoms with Gasteiger partial charge in [0.2, 0.25) is 11.0 Å². The number of amides is 1. The van der Waals surface area contributed by atoms with Crippen LogP contribution in [-0.4, -0.2) is 10.9 Å². The minimum atomic E-state index is -0.143. The number of fused-ring (bicyclic) bond motifs is 1. The van der Waals surface area contributed by atoms with E-state index < -0.39 is 0 Å². The lowest BCUT2D eigenvalue weighted by molar-refractivity contribution is -0.118. The molecule has 0 saturated carbocycles. The fraction of sp³-hybridized carbons (Fsp3) is 0.111. The molecule has 2 aromatic rings. The first-order valence-electron chi connectivity index (χ1n) is 4.24. The van der Waals surface area contributed by atoms with Gasteiger partial charge >= 0.3 is 0 Å². The Morgan fingerprint density at radius 3 is 3.07 bits per heavy atom. The van der Waals surface area contributed by atoms with E-state index in [1.807, 2.05) is 18.2 Å². The standard InChI is InChI=1S/C9H8BrN3OS/c1-5(14)12-13-9-11-7-3-2-6(10)4-8(7)15-9/h2-4H,1H3,(H,11,13)(H,12,14). The van der Waals surface area contributed by atoms with Crippen molar-refractivity contribution in [3.63, 3.8) is 0 Å². The third-order valence-electron chi connectivity index (χ3n) is 1.70.